The van der Waals surface area contributed by atoms with E-state index in [4.69, 9.17) is 39.5 Å². The van der Waals surface area contributed by atoms with E-state index in [0.29, 0.717) is 35.4 Å². The van der Waals surface area contributed by atoms with Crippen molar-refractivity contribution in [3.05, 3.63) is 63.1 Å². The van der Waals surface area contributed by atoms with Crippen molar-refractivity contribution in [3.63, 3.8) is 0 Å². The standard InChI is InChI=1S/C21H23Cl3N2O3S/c1-26(9-10-29-16-5-3-4-14(22)12-16)21(28)19(8-11-30-2)25-20(27)17-7-6-15(23)13-18(17)24/h3-7,12-13,19H,8-11H2,1-2H3,(H,25,27). The van der Waals surface area contributed by atoms with E-state index in [0.717, 1.165) is 5.75 Å². The molecule has 2 aromatic carbocycles. The highest BCUT2D eigenvalue weighted by Gasteiger charge is 2.25. The highest BCUT2D eigenvalue weighted by atomic mass is 35.5. The molecule has 1 N–H and O–H groups in total. The van der Waals surface area contributed by atoms with Gasteiger partial charge in [-0.05, 0) is 54.8 Å². The zero-order valence-corrected chi connectivity index (χ0v) is 19.7. The molecule has 1 unspecified atom stereocenters. The molecule has 0 spiro atoms. The van der Waals surface area contributed by atoms with Crippen LogP contribution >= 0.6 is 46.6 Å². The van der Waals surface area contributed by atoms with Crippen LogP contribution in [0.2, 0.25) is 15.1 Å². The molecule has 0 aliphatic rings. The highest BCUT2D eigenvalue weighted by molar-refractivity contribution is 7.98. The molecule has 0 heterocycles. The minimum Gasteiger partial charge on any atom is -0.492 e. The van der Waals surface area contributed by atoms with Crippen LogP contribution in [0, 0.1) is 0 Å². The number of thioether (sulfide) groups is 1. The Balaban J connectivity index is 1.98. The minimum absolute atomic E-state index is 0.197. The third-order valence-corrected chi connectivity index (χ3v) is 5.68. The SMILES string of the molecule is CSCCC(NC(=O)c1ccc(Cl)cc1Cl)C(=O)N(C)CCOc1cccc(Cl)c1. The maximum absolute atomic E-state index is 12.9. The number of benzene rings is 2. The third kappa shape index (κ3) is 7.58. The van der Waals surface area contributed by atoms with E-state index in [1.807, 2.05) is 6.26 Å². The number of hydrogen-bond donors (Lipinski definition) is 1. The largest absolute Gasteiger partial charge is 0.492 e. The first-order chi connectivity index (χ1) is 14.3. The zero-order valence-electron chi connectivity index (χ0n) is 16.7. The summed E-state index contributed by atoms with van der Waals surface area (Å²) in [5.74, 6) is 0.739. The Labute approximate surface area is 196 Å². The van der Waals surface area contributed by atoms with E-state index < -0.39 is 11.9 Å². The van der Waals surface area contributed by atoms with E-state index in [2.05, 4.69) is 5.32 Å². The van der Waals surface area contributed by atoms with Crippen LogP contribution in [-0.2, 0) is 4.79 Å². The first-order valence-corrected chi connectivity index (χ1v) is 11.7. The van der Waals surface area contributed by atoms with Crippen LogP contribution in [0.15, 0.2) is 42.5 Å². The first kappa shape index (κ1) is 24.7. The van der Waals surface area contributed by atoms with Crippen LogP contribution in [0.4, 0.5) is 0 Å². The zero-order chi connectivity index (χ0) is 22.1. The number of carbonyl (C=O) groups is 2. The lowest BCUT2D eigenvalue weighted by molar-refractivity contribution is -0.132. The monoisotopic (exact) mass is 488 g/mol. The number of ether oxygens (including phenoxy) is 1. The molecule has 0 bridgehead atoms. The van der Waals surface area contributed by atoms with Gasteiger partial charge in [0.1, 0.15) is 18.4 Å². The summed E-state index contributed by atoms with van der Waals surface area (Å²) in [5.41, 5.74) is 0.273. The van der Waals surface area contributed by atoms with Gasteiger partial charge >= 0.3 is 0 Å². The number of carbonyl (C=O) groups excluding carboxylic acids is 2. The third-order valence-electron chi connectivity index (χ3n) is 4.26. The van der Waals surface area contributed by atoms with E-state index in [9.17, 15) is 9.59 Å². The van der Waals surface area contributed by atoms with Crippen LogP contribution in [0.1, 0.15) is 16.8 Å². The second-order valence-corrected chi connectivity index (χ2v) is 8.76. The molecule has 2 aromatic rings. The molecule has 0 aromatic heterocycles. The van der Waals surface area contributed by atoms with Gasteiger partial charge in [-0.2, -0.15) is 11.8 Å². The van der Waals surface area contributed by atoms with Gasteiger partial charge in [0.05, 0.1) is 17.1 Å². The lowest BCUT2D eigenvalue weighted by atomic mass is 10.1. The predicted molar refractivity (Wildman–Crippen MR) is 125 cm³/mol. The molecule has 0 saturated heterocycles. The van der Waals surface area contributed by atoms with Gasteiger partial charge in [0.2, 0.25) is 5.91 Å². The van der Waals surface area contributed by atoms with Gasteiger partial charge in [0.15, 0.2) is 0 Å². The Morgan fingerprint density at radius 1 is 1.13 bits per heavy atom. The van der Waals surface area contributed by atoms with Crippen molar-refractivity contribution in [1.82, 2.24) is 10.2 Å². The maximum Gasteiger partial charge on any atom is 0.253 e. The summed E-state index contributed by atoms with van der Waals surface area (Å²) in [7, 11) is 1.68. The lowest BCUT2D eigenvalue weighted by Crippen LogP contribution is -2.48. The summed E-state index contributed by atoms with van der Waals surface area (Å²) in [5, 5.41) is 4.05. The molecule has 30 heavy (non-hydrogen) atoms. The van der Waals surface area contributed by atoms with Crippen molar-refractivity contribution in [1.29, 1.82) is 0 Å². The Bertz CT molecular complexity index is 882. The van der Waals surface area contributed by atoms with Crippen LogP contribution in [0.25, 0.3) is 0 Å². The fourth-order valence-electron chi connectivity index (χ4n) is 2.64. The van der Waals surface area contributed by atoms with Crippen LogP contribution in [0.3, 0.4) is 0 Å². The molecule has 0 radical (unpaired) electrons. The summed E-state index contributed by atoms with van der Waals surface area (Å²) in [4.78, 5) is 27.1. The van der Waals surface area contributed by atoms with Crippen molar-refractivity contribution < 1.29 is 14.3 Å². The van der Waals surface area contributed by atoms with Crippen molar-refractivity contribution in [2.75, 3.05) is 32.2 Å². The van der Waals surface area contributed by atoms with Crippen molar-refractivity contribution in [3.8, 4) is 5.75 Å². The van der Waals surface area contributed by atoms with Crippen LogP contribution < -0.4 is 10.1 Å². The Kier molecular flexibility index (Phi) is 10.1. The van der Waals surface area contributed by atoms with E-state index in [1.165, 1.54) is 6.07 Å². The molecule has 0 aliphatic heterocycles. The number of nitrogens with one attached hydrogen (secondary N) is 1. The minimum atomic E-state index is -0.673. The Morgan fingerprint density at radius 3 is 2.53 bits per heavy atom. The molecular weight excluding hydrogens is 467 g/mol. The average molecular weight is 490 g/mol. The van der Waals surface area contributed by atoms with E-state index in [1.54, 1.807) is 60.1 Å². The molecular formula is C21H23Cl3N2O3S. The van der Waals surface area contributed by atoms with E-state index in [-0.39, 0.29) is 16.5 Å². The second kappa shape index (κ2) is 12.3. The fraction of sp³-hybridized carbons (Fsp3) is 0.333. The van der Waals surface area contributed by atoms with Crippen molar-refractivity contribution in [2.24, 2.45) is 0 Å². The van der Waals surface area contributed by atoms with E-state index >= 15 is 0 Å². The van der Waals surface area contributed by atoms with Crippen LogP contribution in [-0.4, -0.2) is 55.0 Å². The van der Waals surface area contributed by atoms with Gasteiger partial charge in [-0.3, -0.25) is 9.59 Å². The number of hydrogen-bond acceptors (Lipinski definition) is 4. The highest BCUT2D eigenvalue weighted by Crippen LogP contribution is 2.21. The topological polar surface area (TPSA) is 58.6 Å². The van der Waals surface area contributed by atoms with Gasteiger partial charge in [0.25, 0.3) is 5.91 Å². The molecule has 5 nitrogen and oxygen atoms in total. The summed E-state index contributed by atoms with van der Waals surface area (Å²) < 4.78 is 5.65. The Hall–Kier alpha value is -1.60. The summed E-state index contributed by atoms with van der Waals surface area (Å²) in [6.07, 6.45) is 2.44. The molecule has 0 aliphatic carbocycles. The number of rotatable bonds is 10. The smallest absolute Gasteiger partial charge is 0.253 e. The van der Waals surface area contributed by atoms with Gasteiger partial charge in [0, 0.05) is 17.1 Å². The fourth-order valence-corrected chi connectivity index (χ4v) is 3.78. The number of likely N-dealkylation sites (N-methyl/N-ethyl adjacent to an activating group) is 1. The number of nitrogens with zero attached hydrogens (tertiary/aromatic N) is 1. The summed E-state index contributed by atoms with van der Waals surface area (Å²) in [6.45, 7) is 0.660. The normalized spacial score (nSPS) is 11.6. The first-order valence-electron chi connectivity index (χ1n) is 9.20. The molecule has 1 atom stereocenters. The second-order valence-electron chi connectivity index (χ2n) is 6.50. The summed E-state index contributed by atoms with van der Waals surface area (Å²) in [6, 6.07) is 11.0. The van der Waals surface area contributed by atoms with Crippen LogP contribution in [0.5, 0.6) is 5.75 Å². The predicted octanol–water partition coefficient (Wildman–Crippen LogP) is 5.04. The quantitative estimate of drug-likeness (QED) is 0.508. The average Bonchev–Trinajstić information content (AvgIpc) is 2.70. The molecule has 0 fully saturated rings. The van der Waals surface area contributed by atoms with Gasteiger partial charge < -0.3 is 15.0 Å². The maximum atomic E-state index is 12.9. The lowest BCUT2D eigenvalue weighted by Gasteiger charge is -2.25. The molecule has 2 rings (SSSR count). The van der Waals surface area contributed by atoms with Gasteiger partial charge in [-0.1, -0.05) is 40.9 Å². The Morgan fingerprint density at radius 2 is 1.87 bits per heavy atom. The number of amides is 2. The van der Waals surface area contributed by atoms with Crippen molar-refractivity contribution >= 4 is 58.4 Å². The molecule has 2 amide bonds. The number of halogens is 3. The molecule has 9 heteroatoms. The molecule has 162 valence electrons. The van der Waals surface area contributed by atoms with Gasteiger partial charge in [-0.15, -0.1) is 0 Å². The molecule has 0 saturated carbocycles. The van der Waals surface area contributed by atoms with Crippen molar-refractivity contribution in [2.45, 2.75) is 12.5 Å². The summed E-state index contributed by atoms with van der Waals surface area (Å²) >= 11 is 19.6. The van der Waals surface area contributed by atoms with Gasteiger partial charge in [-0.25, -0.2) is 0 Å².